The predicted molar refractivity (Wildman–Crippen MR) is 58.1 cm³/mol. The normalized spacial score (nSPS) is 12.0. The number of carboxylic acid groups (broad SMARTS) is 1. The summed E-state index contributed by atoms with van der Waals surface area (Å²) in [5, 5.41) is 8.42. The Bertz CT molecular complexity index is 321. The summed E-state index contributed by atoms with van der Waals surface area (Å²) in [5.74, 6) is -1.48. The van der Waals surface area contributed by atoms with Gasteiger partial charge in [-0.1, -0.05) is 6.08 Å². The first kappa shape index (κ1) is 14.1. The molecular weight excluding hydrogens is 218 g/mol. The van der Waals surface area contributed by atoms with Gasteiger partial charge in [-0.15, -0.1) is 6.58 Å². The van der Waals surface area contributed by atoms with Crippen LogP contribution in [0.5, 0.6) is 0 Å². The van der Waals surface area contributed by atoms with E-state index >= 15 is 0 Å². The highest BCUT2D eigenvalue weighted by Gasteiger charge is 2.24. The molecule has 0 aromatic rings. The Morgan fingerprint density at radius 3 is 2.40 bits per heavy atom. The van der Waals surface area contributed by atoms with Crippen molar-refractivity contribution < 1.29 is 18.3 Å². The molecule has 0 saturated heterocycles. The molecule has 0 fully saturated rings. The monoisotopic (exact) mass is 235 g/mol. The van der Waals surface area contributed by atoms with E-state index in [2.05, 4.69) is 6.58 Å². The molecule has 0 radical (unpaired) electrons. The van der Waals surface area contributed by atoms with Crippen molar-refractivity contribution in [1.29, 1.82) is 0 Å². The fourth-order valence-corrected chi connectivity index (χ4v) is 2.75. The lowest BCUT2D eigenvalue weighted by Crippen LogP contribution is -2.38. The van der Waals surface area contributed by atoms with Gasteiger partial charge in [-0.3, -0.25) is 4.79 Å². The first-order valence-electron chi connectivity index (χ1n) is 4.63. The highest BCUT2D eigenvalue weighted by Crippen LogP contribution is 2.08. The van der Waals surface area contributed by atoms with Crippen molar-refractivity contribution in [2.75, 3.05) is 12.3 Å². The maximum absolute atomic E-state index is 11.7. The van der Waals surface area contributed by atoms with E-state index in [0.29, 0.717) is 0 Å². The van der Waals surface area contributed by atoms with Crippen molar-refractivity contribution in [1.82, 2.24) is 4.31 Å². The average Bonchev–Trinajstić information content (AvgIpc) is 2.10. The second-order valence-corrected chi connectivity index (χ2v) is 5.45. The van der Waals surface area contributed by atoms with E-state index in [1.54, 1.807) is 13.8 Å². The Balaban J connectivity index is 4.64. The van der Waals surface area contributed by atoms with Crippen molar-refractivity contribution in [3.8, 4) is 0 Å². The van der Waals surface area contributed by atoms with E-state index in [0.717, 1.165) is 0 Å². The summed E-state index contributed by atoms with van der Waals surface area (Å²) in [6.45, 7) is 7.15. The molecule has 0 aliphatic carbocycles. The van der Waals surface area contributed by atoms with Gasteiger partial charge in [0.25, 0.3) is 0 Å². The van der Waals surface area contributed by atoms with Crippen LogP contribution in [-0.4, -0.2) is 42.1 Å². The zero-order valence-electron chi connectivity index (χ0n) is 9.01. The van der Waals surface area contributed by atoms with Gasteiger partial charge in [0.05, 0.1) is 12.2 Å². The van der Waals surface area contributed by atoms with Crippen molar-refractivity contribution in [3.63, 3.8) is 0 Å². The topological polar surface area (TPSA) is 74.7 Å². The second-order valence-electron chi connectivity index (χ2n) is 3.41. The molecule has 0 aromatic carbocycles. The fourth-order valence-electron chi connectivity index (χ4n) is 1.11. The van der Waals surface area contributed by atoms with Crippen LogP contribution in [0.1, 0.15) is 20.3 Å². The number of rotatable bonds is 7. The third-order valence-corrected chi connectivity index (χ3v) is 3.82. The molecule has 15 heavy (non-hydrogen) atoms. The Morgan fingerprint density at radius 1 is 1.53 bits per heavy atom. The molecule has 0 rings (SSSR count). The third-order valence-electron chi connectivity index (χ3n) is 1.82. The number of aliphatic carboxylic acids is 1. The van der Waals surface area contributed by atoms with Gasteiger partial charge in [0.2, 0.25) is 10.0 Å². The van der Waals surface area contributed by atoms with Gasteiger partial charge in [0.1, 0.15) is 0 Å². The molecule has 1 N–H and O–H groups in total. The third kappa shape index (κ3) is 4.94. The van der Waals surface area contributed by atoms with Gasteiger partial charge in [-0.25, -0.2) is 8.42 Å². The SMILES string of the molecule is C=CCN(C(C)C)S(=O)(=O)CCC(=O)O. The van der Waals surface area contributed by atoms with Crippen LogP contribution in [-0.2, 0) is 14.8 Å². The van der Waals surface area contributed by atoms with Crippen LogP contribution in [0.3, 0.4) is 0 Å². The van der Waals surface area contributed by atoms with Crippen molar-refractivity contribution in [2.45, 2.75) is 26.3 Å². The fraction of sp³-hybridized carbons (Fsp3) is 0.667. The first-order valence-corrected chi connectivity index (χ1v) is 6.24. The van der Waals surface area contributed by atoms with Gasteiger partial charge < -0.3 is 5.11 Å². The maximum Gasteiger partial charge on any atom is 0.304 e. The standard InChI is InChI=1S/C9H17NO4S/c1-4-6-10(8(2)3)15(13,14)7-5-9(11)12/h4,8H,1,5-7H2,2-3H3,(H,11,12). The molecule has 0 aliphatic heterocycles. The molecular formula is C9H17NO4S. The van der Waals surface area contributed by atoms with Gasteiger partial charge in [0, 0.05) is 12.6 Å². The summed E-state index contributed by atoms with van der Waals surface area (Å²) in [4.78, 5) is 10.3. The summed E-state index contributed by atoms with van der Waals surface area (Å²) in [5.41, 5.74) is 0. The molecule has 5 nitrogen and oxygen atoms in total. The van der Waals surface area contributed by atoms with Crippen LogP contribution in [0.15, 0.2) is 12.7 Å². The minimum Gasteiger partial charge on any atom is -0.481 e. The van der Waals surface area contributed by atoms with Crippen LogP contribution in [0.25, 0.3) is 0 Å². The quantitative estimate of drug-likeness (QED) is 0.659. The smallest absolute Gasteiger partial charge is 0.304 e. The average molecular weight is 235 g/mol. The number of hydrogen-bond donors (Lipinski definition) is 1. The summed E-state index contributed by atoms with van der Waals surface area (Å²) in [6.07, 6.45) is 1.11. The van der Waals surface area contributed by atoms with Crippen LogP contribution in [0, 0.1) is 0 Å². The van der Waals surface area contributed by atoms with E-state index in [1.807, 2.05) is 0 Å². The second kappa shape index (κ2) is 5.87. The van der Waals surface area contributed by atoms with E-state index in [4.69, 9.17) is 5.11 Å². The lowest BCUT2D eigenvalue weighted by molar-refractivity contribution is -0.136. The minimum atomic E-state index is -3.50. The lowest BCUT2D eigenvalue weighted by Gasteiger charge is -2.24. The Morgan fingerprint density at radius 2 is 2.07 bits per heavy atom. The highest BCUT2D eigenvalue weighted by atomic mass is 32.2. The molecule has 0 heterocycles. The van der Waals surface area contributed by atoms with Gasteiger partial charge in [0.15, 0.2) is 0 Å². The number of nitrogens with zero attached hydrogens (tertiary/aromatic N) is 1. The number of carbonyl (C=O) groups is 1. The molecule has 0 amide bonds. The zero-order valence-corrected chi connectivity index (χ0v) is 9.83. The van der Waals surface area contributed by atoms with Gasteiger partial charge in [-0.05, 0) is 13.8 Å². The largest absolute Gasteiger partial charge is 0.481 e. The molecule has 0 atom stereocenters. The molecule has 0 unspecified atom stereocenters. The zero-order chi connectivity index (χ0) is 12.1. The maximum atomic E-state index is 11.7. The molecule has 0 aliphatic rings. The van der Waals surface area contributed by atoms with E-state index in [9.17, 15) is 13.2 Å². The predicted octanol–water partition coefficient (Wildman–Crippen LogP) is 0.687. The van der Waals surface area contributed by atoms with E-state index in [-0.39, 0.29) is 24.8 Å². The number of sulfonamides is 1. The van der Waals surface area contributed by atoms with E-state index in [1.165, 1.54) is 10.4 Å². The van der Waals surface area contributed by atoms with Crippen molar-refractivity contribution in [2.24, 2.45) is 0 Å². The molecule has 88 valence electrons. The molecule has 0 bridgehead atoms. The molecule has 6 heteroatoms. The number of carboxylic acids is 1. The lowest BCUT2D eigenvalue weighted by atomic mass is 10.4. The Kier molecular flexibility index (Phi) is 5.53. The van der Waals surface area contributed by atoms with Crippen molar-refractivity contribution in [3.05, 3.63) is 12.7 Å². The first-order chi connectivity index (χ1) is 6.81. The summed E-state index contributed by atoms with van der Waals surface area (Å²) < 4.78 is 24.6. The van der Waals surface area contributed by atoms with Crippen LogP contribution in [0.2, 0.25) is 0 Å². The van der Waals surface area contributed by atoms with Crippen LogP contribution < -0.4 is 0 Å². The molecule has 0 saturated carbocycles. The van der Waals surface area contributed by atoms with E-state index < -0.39 is 16.0 Å². The van der Waals surface area contributed by atoms with Gasteiger partial charge in [-0.2, -0.15) is 4.31 Å². The molecule has 0 spiro atoms. The summed E-state index contributed by atoms with van der Waals surface area (Å²) in [7, 11) is -3.50. The Labute approximate surface area is 90.4 Å². The highest BCUT2D eigenvalue weighted by molar-refractivity contribution is 7.89. The minimum absolute atomic E-state index is 0.193. The number of hydrogen-bond acceptors (Lipinski definition) is 3. The van der Waals surface area contributed by atoms with Crippen molar-refractivity contribution >= 4 is 16.0 Å². The molecule has 0 aromatic heterocycles. The van der Waals surface area contributed by atoms with Crippen LogP contribution in [0.4, 0.5) is 0 Å². The van der Waals surface area contributed by atoms with Crippen LogP contribution >= 0.6 is 0 Å². The summed E-state index contributed by atoms with van der Waals surface area (Å²) >= 11 is 0. The van der Waals surface area contributed by atoms with Gasteiger partial charge >= 0.3 is 5.97 Å². The Hall–Kier alpha value is -0.880. The summed E-state index contributed by atoms with van der Waals surface area (Å²) in [6, 6.07) is -0.193.